The first kappa shape index (κ1) is 15.5. The monoisotopic (exact) mass is 285 g/mol. The minimum Gasteiger partial charge on any atom is -0.376 e. The molecular formula is C18H23NO2. The molecule has 0 saturated heterocycles. The molecule has 1 heterocycles. The summed E-state index contributed by atoms with van der Waals surface area (Å²) >= 11 is 0. The molecule has 1 atom stereocenters. The molecule has 3 nitrogen and oxygen atoms in total. The number of benzene rings is 1. The first-order chi connectivity index (χ1) is 10.2. The second kappa shape index (κ2) is 6.72. The quantitative estimate of drug-likeness (QED) is 0.761. The molecule has 1 unspecified atom stereocenters. The first-order valence-electron chi connectivity index (χ1n) is 7.34. The Morgan fingerprint density at radius 2 is 1.86 bits per heavy atom. The van der Waals surface area contributed by atoms with Gasteiger partial charge in [0.2, 0.25) is 5.91 Å². The number of carbonyl (C=O) groups excluding carboxylic acids is 1. The molecule has 1 N–H and O–H groups in total. The van der Waals surface area contributed by atoms with E-state index >= 15 is 0 Å². The van der Waals surface area contributed by atoms with E-state index in [9.17, 15) is 4.79 Å². The molecule has 1 amide bonds. The average Bonchev–Trinajstić information content (AvgIpc) is 2.51. The molecule has 2 rings (SSSR count). The number of hydrogen-bond donors (Lipinski definition) is 1. The van der Waals surface area contributed by atoms with Crippen LogP contribution < -0.4 is 5.32 Å². The van der Waals surface area contributed by atoms with Crippen LogP contribution in [-0.4, -0.2) is 13.0 Å². The van der Waals surface area contributed by atoms with Gasteiger partial charge in [-0.1, -0.05) is 30.4 Å². The first-order valence-corrected chi connectivity index (χ1v) is 7.34. The molecule has 0 bridgehead atoms. The molecule has 112 valence electrons. The fourth-order valence-corrected chi connectivity index (χ4v) is 3.19. The number of fused-ring (bicyclic) bond motifs is 1. The van der Waals surface area contributed by atoms with Crippen molar-refractivity contribution in [1.82, 2.24) is 0 Å². The molecule has 1 aliphatic heterocycles. The van der Waals surface area contributed by atoms with Crippen LogP contribution in [0.5, 0.6) is 0 Å². The molecule has 1 aromatic rings. The second-order valence-corrected chi connectivity index (χ2v) is 5.47. The Kier molecular flexibility index (Phi) is 4.97. The lowest BCUT2D eigenvalue weighted by molar-refractivity contribution is -0.137. The second-order valence-electron chi connectivity index (χ2n) is 5.47. The van der Waals surface area contributed by atoms with E-state index in [0.717, 1.165) is 36.9 Å². The van der Waals surface area contributed by atoms with Crippen molar-refractivity contribution >= 4 is 11.6 Å². The number of carbonyl (C=O) groups is 1. The van der Waals surface area contributed by atoms with Gasteiger partial charge in [-0.25, -0.2) is 0 Å². The molecule has 0 spiro atoms. The van der Waals surface area contributed by atoms with E-state index in [2.05, 4.69) is 18.5 Å². The summed E-state index contributed by atoms with van der Waals surface area (Å²) < 4.78 is 5.77. The van der Waals surface area contributed by atoms with Crippen LogP contribution in [0.25, 0.3) is 0 Å². The van der Waals surface area contributed by atoms with Gasteiger partial charge in [-0.15, -0.1) is 13.2 Å². The van der Waals surface area contributed by atoms with Gasteiger partial charge < -0.3 is 10.1 Å². The smallest absolute Gasteiger partial charge is 0.233 e. The number of anilines is 1. The number of rotatable bonds is 7. The summed E-state index contributed by atoms with van der Waals surface area (Å²) in [6, 6.07) is 7.85. The lowest BCUT2D eigenvalue weighted by Crippen LogP contribution is -2.45. The lowest BCUT2D eigenvalue weighted by Gasteiger charge is -2.43. The Morgan fingerprint density at radius 1 is 1.24 bits per heavy atom. The van der Waals surface area contributed by atoms with E-state index in [0.29, 0.717) is 0 Å². The summed E-state index contributed by atoms with van der Waals surface area (Å²) in [5.74, 6) is 0.0387. The highest BCUT2D eigenvalue weighted by Crippen LogP contribution is 2.50. The minimum absolute atomic E-state index is 0.0387. The van der Waals surface area contributed by atoms with Crippen molar-refractivity contribution < 1.29 is 9.53 Å². The highest BCUT2D eigenvalue weighted by atomic mass is 16.5. The van der Waals surface area contributed by atoms with Crippen molar-refractivity contribution in [3.63, 3.8) is 0 Å². The molecule has 1 aliphatic rings. The SMILES string of the molecule is C=CCCC1(CCC=C)C(=O)Nc2ccccc2C1OC. The third kappa shape index (κ3) is 2.79. The Balaban J connectivity index is 2.47. The van der Waals surface area contributed by atoms with Gasteiger partial charge in [0, 0.05) is 18.4 Å². The van der Waals surface area contributed by atoms with E-state index in [1.807, 2.05) is 36.4 Å². The number of ether oxygens (including phenoxy) is 1. The van der Waals surface area contributed by atoms with Gasteiger partial charge in [0.05, 0.1) is 11.5 Å². The normalized spacial score (nSPS) is 19.5. The summed E-state index contributed by atoms with van der Waals surface area (Å²) in [6.45, 7) is 7.57. The van der Waals surface area contributed by atoms with Crippen molar-refractivity contribution in [3.05, 3.63) is 55.1 Å². The molecule has 1 aromatic carbocycles. The van der Waals surface area contributed by atoms with Crippen LogP contribution >= 0.6 is 0 Å². The summed E-state index contributed by atoms with van der Waals surface area (Å²) in [5, 5.41) is 3.05. The van der Waals surface area contributed by atoms with Crippen LogP contribution in [0.3, 0.4) is 0 Å². The molecule has 0 saturated carbocycles. The van der Waals surface area contributed by atoms with Gasteiger partial charge in [-0.05, 0) is 31.7 Å². The Labute approximate surface area is 126 Å². The zero-order chi connectivity index (χ0) is 15.3. The Morgan fingerprint density at radius 3 is 2.43 bits per heavy atom. The van der Waals surface area contributed by atoms with Crippen molar-refractivity contribution in [1.29, 1.82) is 0 Å². The van der Waals surface area contributed by atoms with Gasteiger partial charge >= 0.3 is 0 Å². The highest BCUT2D eigenvalue weighted by Gasteiger charge is 2.49. The van der Waals surface area contributed by atoms with E-state index in [1.54, 1.807) is 7.11 Å². The Bertz CT molecular complexity index is 524. The van der Waals surface area contributed by atoms with E-state index in [1.165, 1.54) is 0 Å². The Hall–Kier alpha value is -1.87. The number of allylic oxidation sites excluding steroid dienone is 2. The summed E-state index contributed by atoms with van der Waals surface area (Å²) in [6.07, 6.45) is 6.50. The average molecular weight is 285 g/mol. The van der Waals surface area contributed by atoms with Crippen molar-refractivity contribution in [2.24, 2.45) is 5.41 Å². The lowest BCUT2D eigenvalue weighted by atomic mass is 9.69. The molecule has 0 radical (unpaired) electrons. The van der Waals surface area contributed by atoms with Gasteiger partial charge in [0.15, 0.2) is 0 Å². The molecular weight excluding hydrogens is 262 g/mol. The predicted octanol–water partition coefficient (Wildman–Crippen LogP) is 4.25. The van der Waals surface area contributed by atoms with E-state index in [-0.39, 0.29) is 12.0 Å². The fraction of sp³-hybridized carbons (Fsp3) is 0.389. The van der Waals surface area contributed by atoms with E-state index in [4.69, 9.17) is 4.74 Å². The van der Waals surface area contributed by atoms with Crippen molar-refractivity contribution in [2.45, 2.75) is 31.8 Å². The summed E-state index contributed by atoms with van der Waals surface area (Å²) in [4.78, 5) is 12.8. The fourth-order valence-electron chi connectivity index (χ4n) is 3.19. The molecule has 0 fully saturated rings. The maximum Gasteiger partial charge on any atom is 0.233 e. The number of methoxy groups -OCH3 is 1. The third-order valence-electron chi connectivity index (χ3n) is 4.27. The van der Waals surface area contributed by atoms with Crippen molar-refractivity contribution in [3.8, 4) is 0 Å². The topological polar surface area (TPSA) is 38.3 Å². The minimum atomic E-state index is -0.564. The van der Waals surface area contributed by atoms with Crippen LogP contribution in [0.2, 0.25) is 0 Å². The van der Waals surface area contributed by atoms with Crippen LogP contribution in [0.1, 0.15) is 37.4 Å². The number of para-hydroxylation sites is 1. The summed E-state index contributed by atoms with van der Waals surface area (Å²) in [7, 11) is 1.68. The summed E-state index contributed by atoms with van der Waals surface area (Å²) in [5.41, 5.74) is 1.33. The zero-order valence-electron chi connectivity index (χ0n) is 12.6. The predicted molar refractivity (Wildman–Crippen MR) is 86.1 cm³/mol. The van der Waals surface area contributed by atoms with Crippen LogP contribution in [-0.2, 0) is 9.53 Å². The number of amides is 1. The van der Waals surface area contributed by atoms with Crippen LogP contribution in [0.4, 0.5) is 5.69 Å². The molecule has 3 heteroatoms. The molecule has 0 aliphatic carbocycles. The molecule has 0 aromatic heterocycles. The maximum absolute atomic E-state index is 12.8. The van der Waals surface area contributed by atoms with Gasteiger partial charge in [0.25, 0.3) is 0 Å². The number of nitrogens with one attached hydrogen (secondary N) is 1. The molecule has 21 heavy (non-hydrogen) atoms. The van der Waals surface area contributed by atoms with Crippen LogP contribution in [0, 0.1) is 5.41 Å². The zero-order valence-corrected chi connectivity index (χ0v) is 12.6. The standard InChI is InChI=1S/C18H23NO2/c1-4-6-12-18(13-7-5-2)16(21-3)14-10-8-9-11-15(14)19-17(18)20/h4-5,8-11,16H,1-2,6-7,12-13H2,3H3,(H,19,20). The van der Waals surface area contributed by atoms with Gasteiger partial charge in [-0.3, -0.25) is 4.79 Å². The third-order valence-corrected chi connectivity index (χ3v) is 4.27. The van der Waals surface area contributed by atoms with Gasteiger partial charge in [0.1, 0.15) is 0 Å². The van der Waals surface area contributed by atoms with Crippen molar-refractivity contribution in [2.75, 3.05) is 12.4 Å². The van der Waals surface area contributed by atoms with E-state index < -0.39 is 5.41 Å². The largest absolute Gasteiger partial charge is 0.376 e. The number of hydrogen-bond acceptors (Lipinski definition) is 2. The maximum atomic E-state index is 12.8. The van der Waals surface area contributed by atoms with Crippen LogP contribution in [0.15, 0.2) is 49.6 Å². The van der Waals surface area contributed by atoms with Gasteiger partial charge in [-0.2, -0.15) is 0 Å². The highest BCUT2D eigenvalue weighted by molar-refractivity contribution is 5.99.